The third-order valence-electron chi connectivity index (χ3n) is 4.62. The van der Waals surface area contributed by atoms with Crippen LogP contribution >= 0.6 is 0 Å². The lowest BCUT2D eigenvalue weighted by Gasteiger charge is -2.37. The number of fused-ring (bicyclic) bond motifs is 1. The Morgan fingerprint density at radius 2 is 2.12 bits per heavy atom. The normalized spacial score (nSPS) is 17.2. The van der Waals surface area contributed by atoms with Crippen molar-refractivity contribution in [3.8, 4) is 0 Å². The summed E-state index contributed by atoms with van der Waals surface area (Å²) in [5.74, 6) is 0.447. The van der Waals surface area contributed by atoms with Crippen LogP contribution in [0.2, 0.25) is 0 Å². The minimum Gasteiger partial charge on any atom is -0.351 e. The molecule has 0 aromatic carbocycles. The molecule has 1 aliphatic rings. The predicted molar refractivity (Wildman–Crippen MR) is 91.8 cm³/mol. The Morgan fingerprint density at radius 3 is 2.79 bits per heavy atom. The van der Waals surface area contributed by atoms with Crippen LogP contribution in [-0.4, -0.2) is 27.0 Å². The molecule has 1 amide bonds. The first-order chi connectivity index (χ1) is 11.5. The minimum absolute atomic E-state index is 0.00458. The van der Waals surface area contributed by atoms with E-state index >= 15 is 0 Å². The van der Waals surface area contributed by atoms with Crippen LogP contribution in [0.15, 0.2) is 28.9 Å². The number of nitrogens with zero attached hydrogens (tertiary/aromatic N) is 3. The lowest BCUT2D eigenvalue weighted by molar-refractivity contribution is 0.0533. The lowest BCUT2D eigenvalue weighted by atomic mass is 9.90. The van der Waals surface area contributed by atoms with E-state index in [0.29, 0.717) is 5.76 Å². The van der Waals surface area contributed by atoms with Crippen molar-refractivity contribution in [3.05, 3.63) is 47.1 Å². The Hall–Kier alpha value is -2.17. The van der Waals surface area contributed by atoms with Crippen LogP contribution in [0.3, 0.4) is 0 Å². The van der Waals surface area contributed by atoms with Gasteiger partial charge in [-0.05, 0) is 50.7 Å². The van der Waals surface area contributed by atoms with E-state index in [9.17, 15) is 4.79 Å². The van der Waals surface area contributed by atoms with E-state index in [1.165, 1.54) is 5.56 Å². The molecule has 0 spiro atoms. The van der Waals surface area contributed by atoms with Crippen molar-refractivity contribution in [2.45, 2.75) is 65.0 Å². The van der Waals surface area contributed by atoms with Crippen molar-refractivity contribution in [1.29, 1.82) is 0 Å². The molecule has 0 radical (unpaired) electrons. The molecule has 2 aromatic rings. The Kier molecular flexibility index (Phi) is 4.69. The standard InChI is InChI=1S/C19H25N3O2/c1-12(2)15-11-17(24-21-15)19(23)22(13(3)4)16-9-5-7-14-8-6-10-20-18(14)16/h6,8,10-13,16H,5,7,9H2,1-4H3. The van der Waals surface area contributed by atoms with E-state index in [4.69, 9.17) is 4.52 Å². The van der Waals surface area contributed by atoms with Gasteiger partial charge in [-0.2, -0.15) is 0 Å². The highest BCUT2D eigenvalue weighted by Gasteiger charge is 2.34. The molecule has 3 rings (SSSR count). The average molecular weight is 327 g/mol. The third-order valence-corrected chi connectivity index (χ3v) is 4.62. The molecular formula is C19H25N3O2. The predicted octanol–water partition coefficient (Wildman–Crippen LogP) is 4.12. The molecule has 24 heavy (non-hydrogen) atoms. The van der Waals surface area contributed by atoms with E-state index < -0.39 is 0 Å². The topological polar surface area (TPSA) is 59.2 Å². The van der Waals surface area contributed by atoms with Gasteiger partial charge in [0.15, 0.2) is 0 Å². The van der Waals surface area contributed by atoms with E-state index in [-0.39, 0.29) is 23.9 Å². The Labute approximate surface area is 143 Å². The van der Waals surface area contributed by atoms with Crippen molar-refractivity contribution in [2.75, 3.05) is 0 Å². The van der Waals surface area contributed by atoms with Crippen LogP contribution in [0.5, 0.6) is 0 Å². The quantitative estimate of drug-likeness (QED) is 0.847. The number of hydrogen-bond donors (Lipinski definition) is 0. The first-order valence-electron chi connectivity index (χ1n) is 8.72. The van der Waals surface area contributed by atoms with Gasteiger partial charge in [-0.1, -0.05) is 25.1 Å². The highest BCUT2D eigenvalue weighted by molar-refractivity contribution is 5.92. The van der Waals surface area contributed by atoms with Crippen molar-refractivity contribution in [1.82, 2.24) is 15.0 Å². The first kappa shape index (κ1) is 16.7. The van der Waals surface area contributed by atoms with E-state index in [1.54, 1.807) is 6.07 Å². The first-order valence-corrected chi connectivity index (χ1v) is 8.72. The zero-order valence-corrected chi connectivity index (χ0v) is 14.8. The van der Waals surface area contributed by atoms with Gasteiger partial charge in [-0.25, -0.2) is 0 Å². The second-order valence-corrected chi connectivity index (χ2v) is 7.03. The van der Waals surface area contributed by atoms with Gasteiger partial charge in [-0.15, -0.1) is 0 Å². The van der Waals surface area contributed by atoms with Crippen molar-refractivity contribution < 1.29 is 9.32 Å². The molecule has 128 valence electrons. The molecular weight excluding hydrogens is 302 g/mol. The van der Waals surface area contributed by atoms with Crippen LogP contribution < -0.4 is 0 Å². The number of rotatable bonds is 4. The molecule has 5 nitrogen and oxygen atoms in total. The van der Waals surface area contributed by atoms with E-state index in [0.717, 1.165) is 30.7 Å². The molecule has 2 aromatic heterocycles. The highest BCUT2D eigenvalue weighted by Crippen LogP contribution is 2.35. The summed E-state index contributed by atoms with van der Waals surface area (Å²) in [6, 6.07) is 5.90. The molecule has 0 saturated heterocycles. The Bertz CT molecular complexity index is 721. The zero-order valence-electron chi connectivity index (χ0n) is 14.8. The maximum absolute atomic E-state index is 13.1. The number of aromatic nitrogens is 2. The number of aryl methyl sites for hydroxylation is 1. The maximum atomic E-state index is 13.1. The summed E-state index contributed by atoms with van der Waals surface area (Å²) >= 11 is 0. The molecule has 5 heteroatoms. The largest absolute Gasteiger partial charge is 0.351 e. The van der Waals surface area contributed by atoms with Gasteiger partial charge in [0, 0.05) is 18.3 Å². The van der Waals surface area contributed by atoms with Crippen molar-refractivity contribution in [2.24, 2.45) is 0 Å². The van der Waals surface area contributed by atoms with Crippen molar-refractivity contribution >= 4 is 5.91 Å². The van der Waals surface area contributed by atoms with Gasteiger partial charge >= 0.3 is 0 Å². The second-order valence-electron chi connectivity index (χ2n) is 7.03. The summed E-state index contributed by atoms with van der Waals surface area (Å²) in [4.78, 5) is 19.6. The molecule has 1 aliphatic carbocycles. The van der Waals surface area contributed by atoms with Crippen molar-refractivity contribution in [3.63, 3.8) is 0 Å². The molecule has 0 fully saturated rings. The highest BCUT2D eigenvalue weighted by atomic mass is 16.5. The van der Waals surface area contributed by atoms with Gasteiger partial charge in [-0.3, -0.25) is 9.78 Å². The van der Waals surface area contributed by atoms with Gasteiger partial charge in [0.05, 0.1) is 17.4 Å². The summed E-state index contributed by atoms with van der Waals surface area (Å²) in [6.45, 7) is 8.14. The maximum Gasteiger partial charge on any atom is 0.293 e. The number of pyridine rings is 1. The van der Waals surface area contributed by atoms with Crippen LogP contribution in [0.4, 0.5) is 0 Å². The zero-order chi connectivity index (χ0) is 17.3. The summed E-state index contributed by atoms with van der Waals surface area (Å²) in [7, 11) is 0. The van der Waals surface area contributed by atoms with Gasteiger partial charge in [0.25, 0.3) is 5.91 Å². The number of hydrogen-bond acceptors (Lipinski definition) is 4. The summed E-state index contributed by atoms with van der Waals surface area (Å²) in [6.07, 6.45) is 4.83. The summed E-state index contributed by atoms with van der Waals surface area (Å²) in [5.41, 5.74) is 3.08. The number of carbonyl (C=O) groups is 1. The fourth-order valence-electron chi connectivity index (χ4n) is 3.38. The molecule has 0 aliphatic heterocycles. The van der Waals surface area contributed by atoms with Gasteiger partial charge < -0.3 is 9.42 Å². The average Bonchev–Trinajstić information content (AvgIpc) is 3.05. The molecule has 1 unspecified atom stereocenters. The molecule has 1 atom stereocenters. The van der Waals surface area contributed by atoms with E-state index in [1.807, 2.05) is 44.9 Å². The smallest absolute Gasteiger partial charge is 0.293 e. The van der Waals surface area contributed by atoms with E-state index in [2.05, 4.69) is 16.2 Å². The molecule has 0 bridgehead atoms. The Balaban J connectivity index is 1.94. The number of carbonyl (C=O) groups excluding carboxylic acids is 1. The van der Waals surface area contributed by atoms with Gasteiger partial charge in [0.2, 0.25) is 5.76 Å². The van der Waals surface area contributed by atoms with Gasteiger partial charge in [0.1, 0.15) is 0 Å². The summed E-state index contributed by atoms with van der Waals surface area (Å²) < 4.78 is 5.34. The van der Waals surface area contributed by atoms with Crippen LogP contribution in [-0.2, 0) is 6.42 Å². The van der Waals surface area contributed by atoms with Crippen LogP contribution in [0.1, 0.15) is 80.0 Å². The molecule has 0 saturated carbocycles. The second kappa shape index (κ2) is 6.75. The minimum atomic E-state index is -0.104. The SMILES string of the molecule is CC(C)c1cc(C(=O)N(C(C)C)C2CCCc3cccnc32)on1. The third kappa shape index (κ3) is 3.07. The van der Waals surface area contributed by atoms with Crippen LogP contribution in [0, 0.1) is 0 Å². The molecule has 0 N–H and O–H groups in total. The lowest BCUT2D eigenvalue weighted by Crippen LogP contribution is -2.41. The number of amides is 1. The molecule has 2 heterocycles. The fraction of sp³-hybridized carbons (Fsp3) is 0.526. The summed E-state index contributed by atoms with van der Waals surface area (Å²) in [5, 5.41) is 4.03. The van der Waals surface area contributed by atoms with Crippen LogP contribution in [0.25, 0.3) is 0 Å². The Morgan fingerprint density at radius 1 is 1.33 bits per heavy atom. The fourth-order valence-corrected chi connectivity index (χ4v) is 3.38. The monoisotopic (exact) mass is 327 g/mol.